The minimum Gasteiger partial charge on any atom is -0.353 e. The van der Waals surface area contributed by atoms with Gasteiger partial charge in [-0.1, -0.05) is 25.9 Å². The third-order valence-electron chi connectivity index (χ3n) is 4.58. The van der Waals surface area contributed by atoms with Crippen molar-refractivity contribution in [2.24, 2.45) is 7.05 Å². The van der Waals surface area contributed by atoms with E-state index < -0.39 is 0 Å². The lowest BCUT2D eigenvalue weighted by atomic mass is 9.92. The van der Waals surface area contributed by atoms with Gasteiger partial charge in [-0.25, -0.2) is 0 Å². The van der Waals surface area contributed by atoms with Gasteiger partial charge >= 0.3 is 0 Å². The van der Waals surface area contributed by atoms with Crippen LogP contribution in [0.1, 0.15) is 51.0 Å². The Balaban J connectivity index is 1.62. The number of hydrogen-bond donors (Lipinski definition) is 1. The molecule has 1 N–H and O–H groups in total. The highest BCUT2D eigenvalue weighted by atomic mass is 16.5. The van der Waals surface area contributed by atoms with E-state index >= 15 is 0 Å². The van der Waals surface area contributed by atoms with Crippen LogP contribution in [-0.4, -0.2) is 33.6 Å². The van der Waals surface area contributed by atoms with E-state index in [-0.39, 0.29) is 11.3 Å². The van der Waals surface area contributed by atoms with Gasteiger partial charge in [-0.3, -0.25) is 15.0 Å². The predicted molar refractivity (Wildman–Crippen MR) is 92.8 cm³/mol. The summed E-state index contributed by atoms with van der Waals surface area (Å²) in [6, 6.07) is 6.29. The van der Waals surface area contributed by atoms with Gasteiger partial charge in [-0.2, -0.15) is 0 Å². The zero-order valence-corrected chi connectivity index (χ0v) is 14.9. The maximum atomic E-state index is 12.4. The smallest absolute Gasteiger partial charge is 0.240 e. The first-order valence-corrected chi connectivity index (χ1v) is 8.47. The summed E-state index contributed by atoms with van der Waals surface area (Å²) in [4.78, 5) is 14.6. The van der Waals surface area contributed by atoms with Gasteiger partial charge < -0.3 is 9.09 Å². The molecular formula is C18H26N4O2. The molecule has 1 aliphatic heterocycles. The monoisotopic (exact) mass is 330 g/mol. The highest BCUT2D eigenvalue weighted by Gasteiger charge is 2.29. The van der Waals surface area contributed by atoms with Crippen LogP contribution in [0.3, 0.4) is 0 Å². The molecule has 0 spiro atoms. The number of carbonyl (C=O) groups excluding carboxylic acids is 1. The molecule has 0 unspecified atom stereocenters. The second-order valence-electron chi connectivity index (χ2n) is 7.55. The Morgan fingerprint density at radius 3 is 2.88 bits per heavy atom. The molecule has 1 fully saturated rings. The highest BCUT2D eigenvalue weighted by Crippen LogP contribution is 2.31. The van der Waals surface area contributed by atoms with Gasteiger partial charge in [0.25, 0.3) is 0 Å². The van der Waals surface area contributed by atoms with Gasteiger partial charge in [-0.15, -0.1) is 0 Å². The van der Waals surface area contributed by atoms with Crippen LogP contribution >= 0.6 is 0 Å². The standard InChI is InChI=1S/C18H26N4O2/c1-18(2,3)15-11-17(24-20-15)19-16(23)12-22-10-6-8-14(22)13-7-5-9-21(13)4/h5,7,9,11,14H,6,8,10,12H2,1-4H3,(H,19,23)/t14-/m1/s1. The Hall–Kier alpha value is -2.08. The molecule has 3 rings (SSSR count). The molecule has 6 heteroatoms. The van der Waals surface area contributed by atoms with Crippen LogP contribution < -0.4 is 5.32 Å². The number of aromatic nitrogens is 2. The lowest BCUT2D eigenvalue weighted by Gasteiger charge is -2.24. The average Bonchev–Trinajstić information content (AvgIpc) is 3.19. The number of nitrogens with zero attached hydrogens (tertiary/aromatic N) is 3. The van der Waals surface area contributed by atoms with E-state index in [0.717, 1.165) is 25.1 Å². The van der Waals surface area contributed by atoms with Crippen molar-refractivity contribution in [3.05, 3.63) is 35.8 Å². The molecule has 0 aliphatic carbocycles. The Kier molecular flexibility index (Phi) is 4.49. The molecule has 130 valence electrons. The molecule has 24 heavy (non-hydrogen) atoms. The van der Waals surface area contributed by atoms with Gasteiger partial charge in [0.1, 0.15) is 0 Å². The Labute approximate surface area is 142 Å². The number of anilines is 1. The Morgan fingerprint density at radius 1 is 1.46 bits per heavy atom. The maximum absolute atomic E-state index is 12.4. The van der Waals surface area contributed by atoms with E-state index in [0.29, 0.717) is 18.5 Å². The van der Waals surface area contributed by atoms with Gasteiger partial charge in [0.05, 0.1) is 18.3 Å². The van der Waals surface area contributed by atoms with E-state index in [4.69, 9.17) is 4.52 Å². The van der Waals surface area contributed by atoms with Gasteiger partial charge in [-0.05, 0) is 31.5 Å². The van der Waals surface area contributed by atoms with Crippen LogP contribution in [0, 0.1) is 0 Å². The minimum atomic E-state index is -0.0982. The molecule has 0 radical (unpaired) electrons. The summed E-state index contributed by atoms with van der Waals surface area (Å²) in [6.07, 6.45) is 4.25. The molecule has 2 aromatic rings. The van der Waals surface area contributed by atoms with Gasteiger partial charge in [0, 0.05) is 30.4 Å². The first-order valence-electron chi connectivity index (χ1n) is 8.47. The number of amides is 1. The SMILES string of the molecule is Cn1cccc1[C@H]1CCCN1CC(=O)Nc1cc(C(C)(C)C)no1. The molecular weight excluding hydrogens is 304 g/mol. The second-order valence-corrected chi connectivity index (χ2v) is 7.55. The van der Waals surface area contributed by atoms with Gasteiger partial charge in [0.15, 0.2) is 0 Å². The van der Waals surface area contributed by atoms with Crippen LogP contribution in [-0.2, 0) is 17.3 Å². The lowest BCUT2D eigenvalue weighted by molar-refractivity contribution is -0.117. The summed E-state index contributed by atoms with van der Waals surface area (Å²) in [5.41, 5.74) is 2.00. The van der Waals surface area contributed by atoms with Crippen molar-refractivity contribution >= 4 is 11.8 Å². The fraction of sp³-hybridized carbons (Fsp3) is 0.556. The molecule has 0 bridgehead atoms. The molecule has 0 saturated carbocycles. The molecule has 1 atom stereocenters. The van der Waals surface area contributed by atoms with E-state index in [1.54, 1.807) is 6.07 Å². The average molecular weight is 330 g/mol. The third kappa shape index (κ3) is 3.53. The lowest BCUT2D eigenvalue weighted by Crippen LogP contribution is -2.33. The molecule has 6 nitrogen and oxygen atoms in total. The zero-order chi connectivity index (χ0) is 17.3. The van der Waals surface area contributed by atoms with Crippen molar-refractivity contribution < 1.29 is 9.32 Å². The summed E-state index contributed by atoms with van der Waals surface area (Å²) < 4.78 is 7.37. The first-order chi connectivity index (χ1) is 11.3. The molecule has 1 amide bonds. The van der Waals surface area contributed by atoms with Crippen molar-refractivity contribution in [3.8, 4) is 0 Å². The predicted octanol–water partition coefficient (Wildman–Crippen LogP) is 3.09. The van der Waals surface area contributed by atoms with Crippen LogP contribution in [0.5, 0.6) is 0 Å². The minimum absolute atomic E-state index is 0.0623. The summed E-state index contributed by atoms with van der Waals surface area (Å²) in [5.74, 6) is 0.354. The van der Waals surface area contributed by atoms with Crippen LogP contribution in [0.15, 0.2) is 28.9 Å². The first kappa shape index (κ1) is 16.8. The second kappa shape index (κ2) is 6.43. The maximum Gasteiger partial charge on any atom is 0.240 e. The fourth-order valence-corrected chi connectivity index (χ4v) is 3.22. The Morgan fingerprint density at radius 2 is 2.25 bits per heavy atom. The molecule has 0 aromatic carbocycles. The van der Waals surface area contributed by atoms with E-state index in [1.165, 1.54) is 5.69 Å². The molecule has 1 saturated heterocycles. The zero-order valence-electron chi connectivity index (χ0n) is 14.9. The number of nitrogens with one attached hydrogen (secondary N) is 1. The number of carbonyl (C=O) groups is 1. The van der Waals surface area contributed by atoms with Gasteiger partial charge in [0.2, 0.25) is 11.8 Å². The third-order valence-corrected chi connectivity index (χ3v) is 4.58. The summed E-state index contributed by atoms with van der Waals surface area (Å²) in [6.45, 7) is 7.48. The van der Waals surface area contributed by atoms with E-state index in [2.05, 4.69) is 66.1 Å². The highest BCUT2D eigenvalue weighted by molar-refractivity contribution is 5.91. The molecule has 3 heterocycles. The van der Waals surface area contributed by atoms with Crippen molar-refractivity contribution in [2.45, 2.75) is 45.1 Å². The summed E-state index contributed by atoms with van der Waals surface area (Å²) in [7, 11) is 2.05. The number of hydrogen-bond acceptors (Lipinski definition) is 4. The fourth-order valence-electron chi connectivity index (χ4n) is 3.22. The largest absolute Gasteiger partial charge is 0.353 e. The van der Waals surface area contributed by atoms with E-state index in [9.17, 15) is 4.79 Å². The van der Waals surface area contributed by atoms with E-state index in [1.807, 2.05) is 0 Å². The van der Waals surface area contributed by atoms with Crippen molar-refractivity contribution in [1.82, 2.24) is 14.6 Å². The number of likely N-dealkylation sites (tertiary alicyclic amines) is 1. The normalized spacial score (nSPS) is 18.9. The number of rotatable bonds is 4. The summed E-state index contributed by atoms with van der Waals surface area (Å²) in [5, 5.41) is 6.86. The van der Waals surface area contributed by atoms with Crippen molar-refractivity contribution in [1.29, 1.82) is 0 Å². The van der Waals surface area contributed by atoms with Crippen LogP contribution in [0.2, 0.25) is 0 Å². The van der Waals surface area contributed by atoms with Crippen LogP contribution in [0.4, 0.5) is 5.88 Å². The molecule has 1 aliphatic rings. The van der Waals surface area contributed by atoms with Crippen molar-refractivity contribution in [2.75, 3.05) is 18.4 Å². The summed E-state index contributed by atoms with van der Waals surface area (Å²) >= 11 is 0. The number of aryl methyl sites for hydroxylation is 1. The quantitative estimate of drug-likeness (QED) is 0.936. The topological polar surface area (TPSA) is 63.3 Å². The van der Waals surface area contributed by atoms with Crippen molar-refractivity contribution in [3.63, 3.8) is 0 Å². The Bertz CT molecular complexity index is 711. The van der Waals surface area contributed by atoms with Crippen LogP contribution in [0.25, 0.3) is 0 Å². The molecule has 2 aromatic heterocycles.